The van der Waals surface area contributed by atoms with E-state index in [0.29, 0.717) is 5.56 Å². The van der Waals surface area contributed by atoms with Gasteiger partial charge in [-0.15, -0.1) is 0 Å². The SMILES string of the molecule is COC(=O)C1=NNC(C(=O)O)=C(/C=N/N)C1c1ccccc1. The van der Waals surface area contributed by atoms with Gasteiger partial charge in [0.2, 0.25) is 0 Å². The summed E-state index contributed by atoms with van der Waals surface area (Å²) in [5.74, 6) is 2.53. The fourth-order valence-electron chi connectivity index (χ4n) is 2.18. The van der Waals surface area contributed by atoms with E-state index in [4.69, 9.17) is 10.6 Å². The third kappa shape index (κ3) is 2.80. The van der Waals surface area contributed by atoms with Crippen LogP contribution in [0.5, 0.6) is 0 Å². The number of carbonyl (C=O) groups is 2. The molecule has 0 bridgehead atoms. The molecule has 22 heavy (non-hydrogen) atoms. The largest absolute Gasteiger partial charge is 0.477 e. The van der Waals surface area contributed by atoms with E-state index in [1.807, 2.05) is 0 Å². The summed E-state index contributed by atoms with van der Waals surface area (Å²) in [6, 6.07) is 8.84. The van der Waals surface area contributed by atoms with E-state index in [1.165, 1.54) is 13.3 Å². The minimum Gasteiger partial charge on any atom is -0.477 e. The number of hydrazone groups is 2. The lowest BCUT2D eigenvalue weighted by molar-refractivity contribution is -0.134. The summed E-state index contributed by atoms with van der Waals surface area (Å²) in [7, 11) is 1.22. The molecule has 8 heteroatoms. The highest BCUT2D eigenvalue weighted by Crippen LogP contribution is 2.30. The Kier molecular flexibility index (Phi) is 4.52. The molecule has 1 unspecified atom stereocenters. The Morgan fingerprint density at radius 3 is 2.64 bits per heavy atom. The van der Waals surface area contributed by atoms with E-state index in [1.54, 1.807) is 30.3 Å². The van der Waals surface area contributed by atoms with Gasteiger partial charge in [0.15, 0.2) is 5.71 Å². The predicted molar refractivity (Wildman–Crippen MR) is 79.1 cm³/mol. The fraction of sp³-hybridized carbons (Fsp3) is 0.143. The van der Waals surface area contributed by atoms with E-state index in [-0.39, 0.29) is 17.0 Å². The number of carboxylic acids is 1. The third-order valence-electron chi connectivity index (χ3n) is 3.12. The lowest BCUT2D eigenvalue weighted by Crippen LogP contribution is -2.36. The normalized spacial score (nSPS) is 17.9. The van der Waals surface area contributed by atoms with Crippen molar-refractivity contribution in [3.63, 3.8) is 0 Å². The molecule has 114 valence electrons. The summed E-state index contributed by atoms with van der Waals surface area (Å²) < 4.78 is 4.71. The summed E-state index contributed by atoms with van der Waals surface area (Å²) in [6.45, 7) is 0. The number of nitrogens with one attached hydrogen (secondary N) is 1. The zero-order chi connectivity index (χ0) is 16.1. The van der Waals surface area contributed by atoms with Gasteiger partial charge in [-0.05, 0) is 5.56 Å². The number of nitrogens with zero attached hydrogens (tertiary/aromatic N) is 2. The van der Waals surface area contributed by atoms with Crippen LogP contribution in [0.1, 0.15) is 11.5 Å². The lowest BCUT2D eigenvalue weighted by atomic mass is 9.85. The zero-order valence-electron chi connectivity index (χ0n) is 11.7. The molecule has 2 rings (SSSR count). The molecule has 0 saturated heterocycles. The Bertz CT molecular complexity index is 679. The molecular weight excluding hydrogens is 288 g/mol. The quantitative estimate of drug-likeness (QED) is 0.315. The number of allylic oxidation sites excluding steroid dienone is 1. The second-order valence-corrected chi connectivity index (χ2v) is 4.36. The maximum atomic E-state index is 11.9. The first kappa shape index (κ1) is 15.2. The molecule has 0 radical (unpaired) electrons. The predicted octanol–water partition coefficient (Wildman–Crippen LogP) is 0.186. The maximum absolute atomic E-state index is 11.9. The zero-order valence-corrected chi connectivity index (χ0v) is 11.7. The molecule has 1 aromatic rings. The average molecular weight is 302 g/mol. The van der Waals surface area contributed by atoms with Gasteiger partial charge in [-0.3, -0.25) is 5.43 Å². The van der Waals surface area contributed by atoms with Crippen LogP contribution in [-0.4, -0.2) is 36.1 Å². The van der Waals surface area contributed by atoms with E-state index in [0.717, 1.165) is 0 Å². The van der Waals surface area contributed by atoms with Crippen molar-refractivity contribution in [3.8, 4) is 0 Å². The van der Waals surface area contributed by atoms with E-state index < -0.39 is 17.9 Å². The first-order valence-corrected chi connectivity index (χ1v) is 6.27. The number of carbonyl (C=O) groups excluding carboxylic acids is 1. The van der Waals surface area contributed by atoms with Gasteiger partial charge in [-0.2, -0.15) is 10.2 Å². The number of carboxylic acid groups (broad SMARTS) is 1. The highest BCUT2D eigenvalue weighted by atomic mass is 16.5. The number of methoxy groups -OCH3 is 1. The third-order valence-corrected chi connectivity index (χ3v) is 3.12. The lowest BCUT2D eigenvalue weighted by Gasteiger charge is -2.24. The van der Waals surface area contributed by atoms with Crippen molar-refractivity contribution in [2.24, 2.45) is 16.0 Å². The summed E-state index contributed by atoms with van der Waals surface area (Å²) in [6.07, 6.45) is 1.19. The second kappa shape index (κ2) is 6.53. The van der Waals surface area contributed by atoms with E-state index >= 15 is 0 Å². The monoisotopic (exact) mass is 302 g/mol. The van der Waals surface area contributed by atoms with Crippen molar-refractivity contribution in [2.45, 2.75) is 5.92 Å². The van der Waals surface area contributed by atoms with Crippen LogP contribution >= 0.6 is 0 Å². The number of hydrogen-bond acceptors (Lipinski definition) is 7. The van der Waals surface area contributed by atoms with Crippen molar-refractivity contribution in [1.82, 2.24) is 5.43 Å². The molecule has 1 atom stereocenters. The van der Waals surface area contributed by atoms with Crippen molar-refractivity contribution in [2.75, 3.05) is 7.11 Å². The van der Waals surface area contributed by atoms with Crippen LogP contribution in [0.3, 0.4) is 0 Å². The molecule has 8 nitrogen and oxygen atoms in total. The van der Waals surface area contributed by atoms with E-state index in [2.05, 4.69) is 15.6 Å². The number of ether oxygens (including phenoxy) is 1. The summed E-state index contributed by atoms with van der Waals surface area (Å²) in [4.78, 5) is 23.3. The van der Waals surface area contributed by atoms with Gasteiger partial charge in [-0.1, -0.05) is 30.3 Å². The van der Waals surface area contributed by atoms with Gasteiger partial charge in [0, 0.05) is 5.57 Å². The first-order valence-electron chi connectivity index (χ1n) is 6.27. The molecule has 0 spiro atoms. The van der Waals surface area contributed by atoms with E-state index in [9.17, 15) is 14.7 Å². The highest BCUT2D eigenvalue weighted by Gasteiger charge is 2.35. The van der Waals surface area contributed by atoms with Gasteiger partial charge >= 0.3 is 11.9 Å². The average Bonchev–Trinajstić information content (AvgIpc) is 2.54. The minimum atomic E-state index is -1.23. The number of hydrogen-bond donors (Lipinski definition) is 3. The standard InChI is InChI=1S/C14H14N4O4/c1-22-14(21)12-10(8-5-3-2-4-6-8)9(7-16-15)11(13(19)20)17-18-12/h2-7,10,17H,15H2,1H3,(H,19,20)/b16-7+. The summed E-state index contributed by atoms with van der Waals surface area (Å²) >= 11 is 0. The van der Waals surface area contributed by atoms with Crippen molar-refractivity contribution in [1.29, 1.82) is 0 Å². The maximum Gasteiger partial charge on any atom is 0.355 e. The molecule has 1 aromatic carbocycles. The minimum absolute atomic E-state index is 0.0219. The smallest absolute Gasteiger partial charge is 0.355 e. The number of nitrogens with two attached hydrogens (primary N) is 1. The van der Waals surface area contributed by atoms with Gasteiger partial charge in [0.1, 0.15) is 5.70 Å². The Morgan fingerprint density at radius 2 is 2.09 bits per heavy atom. The number of benzene rings is 1. The summed E-state index contributed by atoms with van der Waals surface area (Å²) in [5, 5.41) is 16.5. The Balaban J connectivity index is 2.63. The van der Waals surface area contributed by atoms with Gasteiger partial charge in [0.05, 0.1) is 19.2 Å². The molecule has 0 amide bonds. The molecule has 0 fully saturated rings. The van der Waals surface area contributed by atoms with Crippen LogP contribution in [-0.2, 0) is 14.3 Å². The Morgan fingerprint density at radius 1 is 1.41 bits per heavy atom. The number of aliphatic carboxylic acids is 1. The Labute approximate surface area is 126 Å². The topological polar surface area (TPSA) is 126 Å². The Hall–Kier alpha value is -3.16. The van der Waals surface area contributed by atoms with Crippen LogP contribution in [0.4, 0.5) is 0 Å². The first-order chi connectivity index (χ1) is 10.6. The molecule has 1 heterocycles. The van der Waals surface area contributed by atoms with Crippen LogP contribution in [0.25, 0.3) is 0 Å². The second-order valence-electron chi connectivity index (χ2n) is 4.36. The van der Waals surface area contributed by atoms with Crippen molar-refractivity contribution in [3.05, 3.63) is 47.2 Å². The molecule has 4 N–H and O–H groups in total. The number of esters is 1. The fourth-order valence-corrected chi connectivity index (χ4v) is 2.18. The molecule has 1 aliphatic heterocycles. The number of rotatable bonds is 4. The molecule has 0 saturated carbocycles. The molecule has 0 aromatic heterocycles. The van der Waals surface area contributed by atoms with Crippen molar-refractivity contribution >= 4 is 23.9 Å². The van der Waals surface area contributed by atoms with Crippen molar-refractivity contribution < 1.29 is 19.4 Å². The molecule has 0 aliphatic carbocycles. The van der Waals surface area contributed by atoms with Gasteiger partial charge in [0.25, 0.3) is 0 Å². The van der Waals surface area contributed by atoms with Gasteiger partial charge < -0.3 is 15.7 Å². The van der Waals surface area contributed by atoms with Crippen LogP contribution in [0.2, 0.25) is 0 Å². The van der Waals surface area contributed by atoms with Crippen LogP contribution < -0.4 is 11.3 Å². The van der Waals surface area contributed by atoms with Crippen LogP contribution in [0.15, 0.2) is 51.8 Å². The van der Waals surface area contributed by atoms with Crippen LogP contribution in [0, 0.1) is 0 Å². The van der Waals surface area contributed by atoms with Gasteiger partial charge in [-0.25, -0.2) is 9.59 Å². The molecular formula is C14H14N4O4. The highest BCUT2D eigenvalue weighted by molar-refractivity contribution is 6.40. The molecule has 1 aliphatic rings. The summed E-state index contributed by atoms with van der Waals surface area (Å²) in [5.41, 5.74) is 3.05.